The molecule has 0 radical (unpaired) electrons. The van der Waals surface area contributed by atoms with Crippen LogP contribution in [-0.4, -0.2) is 62.5 Å². The smallest absolute Gasteiger partial charge is 0.179 e. The predicted octanol–water partition coefficient (Wildman–Crippen LogP) is 5.72. The summed E-state index contributed by atoms with van der Waals surface area (Å²) in [5.74, 6) is 0.145. The second-order valence-electron chi connectivity index (χ2n) is 11.5. The van der Waals surface area contributed by atoms with E-state index in [0.29, 0.717) is 18.2 Å². The molecule has 0 N–H and O–H groups in total. The highest BCUT2D eigenvalue weighted by Crippen LogP contribution is 2.36. The molecule has 0 unspecified atom stereocenters. The standard InChI is InChI=1S/C32H40N6O/c1-4-30-29-14-13-27(18-31(29)38(34-30)26-11-8-12-26)35-15-16-36(28(21-35)17-24-9-6-5-7-10-24)22-32(39)25-19-33-37(20-25)23(2)3/h5-7,9-10,13-14,18-20,23,26,28H,4,8,11-12,15-17,21-22H2,1-3H3/t28-/m0/s1. The van der Waals surface area contributed by atoms with E-state index < -0.39 is 0 Å². The van der Waals surface area contributed by atoms with Crippen molar-refractivity contribution in [3.8, 4) is 0 Å². The Morgan fingerprint density at radius 1 is 1.08 bits per heavy atom. The van der Waals surface area contributed by atoms with Crippen molar-refractivity contribution in [1.29, 1.82) is 0 Å². The van der Waals surface area contributed by atoms with Crippen molar-refractivity contribution in [1.82, 2.24) is 24.5 Å². The molecular formula is C32H40N6O. The van der Waals surface area contributed by atoms with Crippen LogP contribution in [0.15, 0.2) is 60.9 Å². The van der Waals surface area contributed by atoms with Gasteiger partial charge in [0.05, 0.1) is 35.6 Å². The molecule has 2 aliphatic rings. The lowest BCUT2D eigenvalue weighted by Gasteiger charge is -2.42. The van der Waals surface area contributed by atoms with E-state index in [2.05, 4.69) is 88.9 Å². The minimum Gasteiger partial charge on any atom is -0.369 e. The second kappa shape index (κ2) is 11.0. The van der Waals surface area contributed by atoms with E-state index in [4.69, 9.17) is 5.10 Å². The van der Waals surface area contributed by atoms with E-state index in [-0.39, 0.29) is 17.9 Å². The first-order valence-corrected chi connectivity index (χ1v) is 14.6. The number of aromatic nitrogens is 4. The van der Waals surface area contributed by atoms with Gasteiger partial charge < -0.3 is 4.90 Å². The van der Waals surface area contributed by atoms with Gasteiger partial charge in [0.25, 0.3) is 0 Å². The van der Waals surface area contributed by atoms with Crippen molar-refractivity contribution < 1.29 is 4.79 Å². The van der Waals surface area contributed by atoms with E-state index in [9.17, 15) is 4.79 Å². The quantitative estimate of drug-likeness (QED) is 0.262. The Bertz CT molecular complexity index is 1430. The summed E-state index contributed by atoms with van der Waals surface area (Å²) in [6.45, 7) is 9.41. The number of ketones is 1. The zero-order chi connectivity index (χ0) is 26.9. The zero-order valence-electron chi connectivity index (χ0n) is 23.5. The molecule has 7 heteroatoms. The van der Waals surface area contributed by atoms with Gasteiger partial charge in [-0.15, -0.1) is 0 Å². The first-order chi connectivity index (χ1) is 19.0. The Kier molecular flexibility index (Phi) is 7.26. The van der Waals surface area contributed by atoms with Crippen LogP contribution in [-0.2, 0) is 12.8 Å². The Morgan fingerprint density at radius 3 is 2.59 bits per heavy atom. The summed E-state index contributed by atoms with van der Waals surface area (Å²) in [5.41, 5.74) is 5.74. The zero-order valence-corrected chi connectivity index (χ0v) is 23.5. The highest BCUT2D eigenvalue weighted by atomic mass is 16.1. The van der Waals surface area contributed by atoms with Crippen LogP contribution in [0.5, 0.6) is 0 Å². The van der Waals surface area contributed by atoms with Gasteiger partial charge in [-0.05, 0) is 69.7 Å². The van der Waals surface area contributed by atoms with Crippen molar-refractivity contribution in [3.05, 3.63) is 77.7 Å². The summed E-state index contributed by atoms with van der Waals surface area (Å²) in [4.78, 5) is 18.2. The molecule has 4 aromatic rings. The van der Waals surface area contributed by atoms with E-state index in [1.807, 2.05) is 10.9 Å². The monoisotopic (exact) mass is 524 g/mol. The number of nitrogens with zero attached hydrogens (tertiary/aromatic N) is 6. The average molecular weight is 525 g/mol. The number of hydrogen-bond acceptors (Lipinski definition) is 5. The Balaban J connectivity index is 1.25. The van der Waals surface area contributed by atoms with Gasteiger partial charge in [0.1, 0.15) is 0 Å². The molecule has 2 aromatic heterocycles. The SMILES string of the molecule is CCc1nn(C2CCC2)c2cc(N3CCN(CC(=O)c4cnn(C(C)C)c4)[C@@H](Cc4ccccc4)C3)ccc12. The fourth-order valence-corrected chi connectivity index (χ4v) is 6.01. The molecule has 7 nitrogen and oxygen atoms in total. The number of piperazine rings is 1. The molecule has 1 aliphatic heterocycles. The maximum absolute atomic E-state index is 13.3. The van der Waals surface area contributed by atoms with Crippen LogP contribution in [0.4, 0.5) is 5.69 Å². The van der Waals surface area contributed by atoms with Gasteiger partial charge in [-0.2, -0.15) is 10.2 Å². The van der Waals surface area contributed by atoms with Gasteiger partial charge in [0.2, 0.25) is 0 Å². The van der Waals surface area contributed by atoms with Gasteiger partial charge in [-0.25, -0.2) is 0 Å². The van der Waals surface area contributed by atoms with Crippen LogP contribution < -0.4 is 4.90 Å². The lowest BCUT2D eigenvalue weighted by Crippen LogP contribution is -2.55. The number of aryl methyl sites for hydroxylation is 1. The summed E-state index contributed by atoms with van der Waals surface area (Å²) in [5, 5.41) is 10.7. The maximum Gasteiger partial charge on any atom is 0.179 e. The van der Waals surface area contributed by atoms with Crippen LogP contribution in [0.25, 0.3) is 10.9 Å². The molecule has 1 saturated heterocycles. The highest BCUT2D eigenvalue weighted by molar-refractivity contribution is 5.97. The van der Waals surface area contributed by atoms with Gasteiger partial charge in [-0.1, -0.05) is 37.3 Å². The summed E-state index contributed by atoms with van der Waals surface area (Å²) in [6, 6.07) is 18.6. The number of benzene rings is 2. The van der Waals surface area contributed by atoms with Gasteiger partial charge >= 0.3 is 0 Å². The van der Waals surface area contributed by atoms with Crippen molar-refractivity contribution in [3.63, 3.8) is 0 Å². The number of carbonyl (C=O) groups excluding carboxylic acids is 1. The fourth-order valence-electron chi connectivity index (χ4n) is 6.01. The van der Waals surface area contributed by atoms with Crippen LogP contribution in [0.1, 0.15) is 73.7 Å². The first-order valence-electron chi connectivity index (χ1n) is 14.6. The third-order valence-electron chi connectivity index (χ3n) is 8.61. The topological polar surface area (TPSA) is 59.2 Å². The summed E-state index contributed by atoms with van der Waals surface area (Å²) in [6.07, 6.45) is 9.23. The molecule has 6 rings (SSSR count). The van der Waals surface area contributed by atoms with Gasteiger partial charge in [0, 0.05) is 49.0 Å². The van der Waals surface area contributed by atoms with Gasteiger partial charge in [0.15, 0.2) is 5.78 Å². The summed E-state index contributed by atoms with van der Waals surface area (Å²) < 4.78 is 4.16. The van der Waals surface area contributed by atoms with Crippen LogP contribution in [0.2, 0.25) is 0 Å². The number of rotatable bonds is 9. The number of hydrogen-bond donors (Lipinski definition) is 0. The Morgan fingerprint density at radius 2 is 1.90 bits per heavy atom. The van der Waals surface area contributed by atoms with E-state index >= 15 is 0 Å². The van der Waals surface area contributed by atoms with E-state index in [0.717, 1.165) is 32.5 Å². The molecule has 1 aliphatic carbocycles. The summed E-state index contributed by atoms with van der Waals surface area (Å²) >= 11 is 0. The number of fused-ring (bicyclic) bond motifs is 1. The third kappa shape index (κ3) is 5.24. The fraction of sp³-hybridized carbons (Fsp3) is 0.469. The van der Waals surface area contributed by atoms with Crippen LogP contribution in [0, 0.1) is 0 Å². The lowest BCUT2D eigenvalue weighted by atomic mass is 9.93. The highest BCUT2D eigenvalue weighted by Gasteiger charge is 2.30. The largest absolute Gasteiger partial charge is 0.369 e. The maximum atomic E-state index is 13.3. The number of anilines is 1. The molecule has 204 valence electrons. The number of Topliss-reactive ketones (excluding diaryl/α,β-unsaturated/α-hetero) is 1. The second-order valence-corrected chi connectivity index (χ2v) is 11.5. The molecule has 0 bridgehead atoms. The predicted molar refractivity (Wildman–Crippen MR) is 157 cm³/mol. The first kappa shape index (κ1) is 25.8. The summed E-state index contributed by atoms with van der Waals surface area (Å²) in [7, 11) is 0. The van der Waals surface area contributed by atoms with E-state index in [1.165, 1.54) is 47.1 Å². The molecule has 0 spiro atoms. The molecular weight excluding hydrogens is 484 g/mol. The van der Waals surface area contributed by atoms with Crippen molar-refractivity contribution in [2.24, 2.45) is 0 Å². The van der Waals surface area contributed by atoms with Gasteiger partial charge in [-0.3, -0.25) is 19.1 Å². The molecule has 3 heterocycles. The Labute approximate surface area is 231 Å². The third-order valence-corrected chi connectivity index (χ3v) is 8.61. The lowest BCUT2D eigenvalue weighted by molar-refractivity contribution is 0.0875. The normalized spacial score (nSPS) is 18.7. The van der Waals surface area contributed by atoms with E-state index in [1.54, 1.807) is 6.20 Å². The van der Waals surface area contributed by atoms with Crippen molar-refractivity contribution in [2.75, 3.05) is 31.1 Å². The minimum atomic E-state index is 0.145. The molecule has 1 saturated carbocycles. The molecule has 0 amide bonds. The molecule has 2 fully saturated rings. The molecule has 1 atom stereocenters. The van der Waals surface area contributed by atoms with Crippen molar-refractivity contribution in [2.45, 2.75) is 71.0 Å². The van der Waals surface area contributed by atoms with Crippen LogP contribution in [0.3, 0.4) is 0 Å². The van der Waals surface area contributed by atoms with Crippen LogP contribution >= 0.6 is 0 Å². The molecule has 39 heavy (non-hydrogen) atoms. The number of carbonyl (C=O) groups is 1. The minimum absolute atomic E-state index is 0.145. The van der Waals surface area contributed by atoms with Crippen molar-refractivity contribution >= 4 is 22.4 Å². The Hall–Kier alpha value is -3.45. The average Bonchev–Trinajstić information content (AvgIpc) is 3.55. The molecule has 2 aromatic carbocycles.